The normalized spacial score (nSPS) is 11.1. The maximum absolute atomic E-state index is 12.8. The van der Waals surface area contributed by atoms with Gasteiger partial charge in [0.1, 0.15) is 5.75 Å². The van der Waals surface area contributed by atoms with Gasteiger partial charge in [-0.05, 0) is 48.5 Å². The van der Waals surface area contributed by atoms with Gasteiger partial charge in [0.25, 0.3) is 10.0 Å². The average Bonchev–Trinajstić information content (AvgIpc) is 2.71. The third-order valence-corrected chi connectivity index (χ3v) is 6.51. The van der Waals surface area contributed by atoms with Gasteiger partial charge in [0.15, 0.2) is 0 Å². The summed E-state index contributed by atoms with van der Waals surface area (Å²) in [6.45, 7) is 0. The fraction of sp³-hybridized carbons (Fsp3) is 0.0500. The molecule has 5 nitrogen and oxygen atoms in total. The van der Waals surface area contributed by atoms with Gasteiger partial charge in [-0.2, -0.15) is 0 Å². The highest BCUT2D eigenvalue weighted by atomic mass is 35.5. The van der Waals surface area contributed by atoms with Crippen molar-refractivity contribution >= 4 is 44.9 Å². The Balaban J connectivity index is 1.78. The van der Waals surface area contributed by atoms with Crippen LogP contribution in [0.4, 0.5) is 5.69 Å². The molecule has 3 rings (SSSR count). The number of ether oxygens (including phenoxy) is 1. The summed E-state index contributed by atoms with van der Waals surface area (Å²) in [5.74, 6) is -0.404. The lowest BCUT2D eigenvalue weighted by Crippen LogP contribution is -2.26. The molecule has 0 saturated carbocycles. The summed E-state index contributed by atoms with van der Waals surface area (Å²) >= 11 is 11.7. The molecular formula is C20H15Cl2NO4S. The van der Waals surface area contributed by atoms with Crippen molar-refractivity contribution in [2.75, 3.05) is 11.4 Å². The van der Waals surface area contributed by atoms with E-state index in [-0.39, 0.29) is 21.2 Å². The van der Waals surface area contributed by atoms with Crippen molar-refractivity contribution in [3.05, 3.63) is 88.4 Å². The van der Waals surface area contributed by atoms with Crippen LogP contribution in [0, 0.1) is 0 Å². The maximum atomic E-state index is 12.8. The third-order valence-electron chi connectivity index (χ3n) is 3.97. The highest BCUT2D eigenvalue weighted by Gasteiger charge is 2.21. The van der Waals surface area contributed by atoms with Gasteiger partial charge in [0.2, 0.25) is 0 Å². The van der Waals surface area contributed by atoms with Crippen molar-refractivity contribution in [2.24, 2.45) is 0 Å². The number of rotatable bonds is 5. The average molecular weight is 436 g/mol. The van der Waals surface area contributed by atoms with Gasteiger partial charge in [-0.3, -0.25) is 4.31 Å². The van der Waals surface area contributed by atoms with Crippen LogP contribution in [0.3, 0.4) is 0 Å². The third kappa shape index (κ3) is 4.30. The second-order valence-electron chi connectivity index (χ2n) is 5.80. The molecule has 3 aromatic carbocycles. The highest BCUT2D eigenvalue weighted by molar-refractivity contribution is 7.92. The number of hydrogen-bond donors (Lipinski definition) is 0. The van der Waals surface area contributed by atoms with E-state index in [0.29, 0.717) is 10.7 Å². The van der Waals surface area contributed by atoms with Crippen LogP contribution >= 0.6 is 23.2 Å². The van der Waals surface area contributed by atoms with E-state index < -0.39 is 16.0 Å². The summed E-state index contributed by atoms with van der Waals surface area (Å²) in [6, 6.07) is 18.7. The molecule has 0 N–H and O–H groups in total. The van der Waals surface area contributed by atoms with Gasteiger partial charge in [-0.1, -0.05) is 41.4 Å². The number of anilines is 1. The van der Waals surface area contributed by atoms with E-state index in [1.165, 1.54) is 53.8 Å². The molecule has 0 aliphatic rings. The molecule has 0 bridgehead atoms. The molecule has 0 aromatic heterocycles. The molecule has 0 amide bonds. The van der Waals surface area contributed by atoms with Crippen molar-refractivity contribution in [3.63, 3.8) is 0 Å². The number of halogens is 2. The fourth-order valence-electron chi connectivity index (χ4n) is 2.40. The smallest absolute Gasteiger partial charge is 0.343 e. The Morgan fingerprint density at radius 1 is 0.893 bits per heavy atom. The van der Waals surface area contributed by atoms with Gasteiger partial charge in [-0.15, -0.1) is 0 Å². The number of sulfonamides is 1. The molecule has 0 aliphatic heterocycles. The highest BCUT2D eigenvalue weighted by Crippen LogP contribution is 2.27. The molecule has 0 spiro atoms. The number of carbonyl (C=O) groups excluding carboxylic acids is 1. The van der Waals surface area contributed by atoms with Crippen LogP contribution < -0.4 is 9.04 Å². The quantitative estimate of drug-likeness (QED) is 0.415. The van der Waals surface area contributed by atoms with E-state index in [4.69, 9.17) is 27.9 Å². The van der Waals surface area contributed by atoms with E-state index in [9.17, 15) is 13.2 Å². The number of esters is 1. The molecule has 0 fully saturated rings. The van der Waals surface area contributed by atoms with E-state index >= 15 is 0 Å². The Morgan fingerprint density at radius 2 is 1.54 bits per heavy atom. The first-order valence-electron chi connectivity index (χ1n) is 8.10. The lowest BCUT2D eigenvalue weighted by atomic mass is 10.2. The lowest BCUT2D eigenvalue weighted by molar-refractivity contribution is 0.0734. The van der Waals surface area contributed by atoms with Crippen LogP contribution in [-0.4, -0.2) is 21.4 Å². The van der Waals surface area contributed by atoms with Crippen LogP contribution in [0.1, 0.15) is 10.4 Å². The van der Waals surface area contributed by atoms with Crippen molar-refractivity contribution in [3.8, 4) is 5.75 Å². The SMILES string of the molecule is CN(c1ccccc1)S(=O)(=O)c1ccc(C(=O)Oc2ccc(Cl)c(Cl)c2)cc1. The predicted octanol–water partition coefficient (Wildman–Crippen LogP) is 5.04. The fourth-order valence-corrected chi connectivity index (χ4v) is 3.89. The number of benzene rings is 3. The van der Waals surface area contributed by atoms with E-state index in [1.54, 1.807) is 30.3 Å². The summed E-state index contributed by atoms with van der Waals surface area (Å²) < 4.78 is 31.9. The van der Waals surface area contributed by atoms with Crippen molar-refractivity contribution in [1.29, 1.82) is 0 Å². The number of nitrogens with zero attached hydrogens (tertiary/aromatic N) is 1. The number of para-hydroxylation sites is 1. The van der Waals surface area contributed by atoms with Gasteiger partial charge >= 0.3 is 5.97 Å². The minimum absolute atomic E-state index is 0.0601. The Morgan fingerprint density at radius 3 is 2.14 bits per heavy atom. The van der Waals surface area contributed by atoms with Crippen molar-refractivity contribution < 1.29 is 17.9 Å². The summed E-state index contributed by atoms with van der Waals surface area (Å²) in [5, 5.41) is 0.607. The minimum Gasteiger partial charge on any atom is -0.423 e. The summed E-state index contributed by atoms with van der Waals surface area (Å²) in [7, 11) is -2.29. The van der Waals surface area contributed by atoms with E-state index in [2.05, 4.69) is 0 Å². The molecule has 0 saturated heterocycles. The maximum Gasteiger partial charge on any atom is 0.343 e. The van der Waals surface area contributed by atoms with Crippen LogP contribution in [0.5, 0.6) is 5.75 Å². The topological polar surface area (TPSA) is 63.7 Å². The minimum atomic E-state index is -3.75. The first kappa shape index (κ1) is 20.2. The first-order valence-corrected chi connectivity index (χ1v) is 10.3. The zero-order valence-electron chi connectivity index (χ0n) is 14.7. The van der Waals surface area contributed by atoms with E-state index in [1.807, 2.05) is 0 Å². The number of carbonyl (C=O) groups is 1. The van der Waals surface area contributed by atoms with Gasteiger partial charge < -0.3 is 4.74 Å². The molecule has 28 heavy (non-hydrogen) atoms. The van der Waals surface area contributed by atoms with Crippen molar-refractivity contribution in [2.45, 2.75) is 4.90 Å². The molecule has 3 aromatic rings. The molecule has 0 unspecified atom stereocenters. The van der Waals surface area contributed by atoms with Crippen LogP contribution in [0.25, 0.3) is 0 Å². The summed E-state index contributed by atoms with van der Waals surface area (Å²) in [5.41, 5.74) is 0.734. The molecule has 8 heteroatoms. The molecule has 0 atom stereocenters. The van der Waals surface area contributed by atoms with E-state index in [0.717, 1.165) is 0 Å². The molecule has 0 radical (unpaired) electrons. The van der Waals surface area contributed by atoms with Crippen molar-refractivity contribution in [1.82, 2.24) is 0 Å². The Bertz CT molecular complexity index is 1100. The molecule has 144 valence electrons. The molecule has 0 aliphatic carbocycles. The Labute approximate surface area is 173 Å². The predicted molar refractivity (Wildman–Crippen MR) is 110 cm³/mol. The van der Waals surface area contributed by atoms with Crippen LogP contribution in [0.2, 0.25) is 10.0 Å². The Kier molecular flexibility index (Phi) is 5.93. The lowest BCUT2D eigenvalue weighted by Gasteiger charge is -2.19. The molecule has 0 heterocycles. The van der Waals surface area contributed by atoms with Crippen LogP contribution in [-0.2, 0) is 10.0 Å². The Hall–Kier alpha value is -2.54. The second-order valence-corrected chi connectivity index (χ2v) is 8.58. The van der Waals surface area contributed by atoms with Gasteiger partial charge in [-0.25, -0.2) is 13.2 Å². The van der Waals surface area contributed by atoms with Crippen LogP contribution in [0.15, 0.2) is 77.7 Å². The van der Waals surface area contributed by atoms with Gasteiger partial charge in [0.05, 0.1) is 26.2 Å². The largest absolute Gasteiger partial charge is 0.423 e. The van der Waals surface area contributed by atoms with Gasteiger partial charge in [0, 0.05) is 13.1 Å². The monoisotopic (exact) mass is 435 g/mol. The first-order chi connectivity index (χ1) is 13.3. The standard InChI is InChI=1S/C20H15Cl2NO4S/c1-23(15-5-3-2-4-6-15)28(25,26)17-10-7-14(8-11-17)20(24)27-16-9-12-18(21)19(22)13-16/h2-13H,1H3. The molecular weight excluding hydrogens is 421 g/mol. The second kappa shape index (κ2) is 8.22. The summed E-state index contributed by atoms with van der Waals surface area (Å²) in [6.07, 6.45) is 0. The zero-order chi connectivity index (χ0) is 20.3. The zero-order valence-corrected chi connectivity index (χ0v) is 17.0. The summed E-state index contributed by atoms with van der Waals surface area (Å²) in [4.78, 5) is 12.3. The number of hydrogen-bond acceptors (Lipinski definition) is 4.